The number of likely N-dealkylation sites (tertiary alicyclic amines) is 1. The molecule has 0 N–H and O–H groups in total. The molecule has 26 heavy (non-hydrogen) atoms. The first-order chi connectivity index (χ1) is 12.5. The average molecular weight is 373 g/mol. The van der Waals surface area contributed by atoms with Crippen LogP contribution in [0.1, 0.15) is 23.2 Å². The van der Waals surface area contributed by atoms with Crippen LogP contribution >= 0.6 is 0 Å². The van der Waals surface area contributed by atoms with Gasteiger partial charge in [0.2, 0.25) is 0 Å². The summed E-state index contributed by atoms with van der Waals surface area (Å²) in [4.78, 5) is 14.9. The summed E-state index contributed by atoms with van der Waals surface area (Å²) in [6.45, 7) is 1.09. The Morgan fingerprint density at radius 1 is 1.12 bits per heavy atom. The van der Waals surface area contributed by atoms with E-state index >= 15 is 0 Å². The highest BCUT2D eigenvalue weighted by Gasteiger charge is 2.29. The van der Waals surface area contributed by atoms with Crippen LogP contribution in [0.4, 0.5) is 0 Å². The molecular weight excluding hydrogens is 350 g/mol. The Bertz CT molecular complexity index is 864. The van der Waals surface area contributed by atoms with Crippen LogP contribution in [0.15, 0.2) is 59.5 Å². The second kappa shape index (κ2) is 7.91. The third kappa shape index (κ3) is 4.07. The van der Waals surface area contributed by atoms with E-state index in [9.17, 15) is 13.2 Å². The first kappa shape index (κ1) is 18.5. The Morgan fingerprint density at radius 2 is 1.81 bits per heavy atom. The average Bonchev–Trinajstić information content (AvgIpc) is 2.68. The summed E-state index contributed by atoms with van der Waals surface area (Å²) in [7, 11) is -1.81. The van der Waals surface area contributed by atoms with Crippen molar-refractivity contribution in [1.82, 2.24) is 4.90 Å². The van der Waals surface area contributed by atoms with Gasteiger partial charge < -0.3 is 9.64 Å². The van der Waals surface area contributed by atoms with Gasteiger partial charge in [0.15, 0.2) is 9.84 Å². The van der Waals surface area contributed by atoms with Crippen LogP contribution in [0, 0.1) is 5.92 Å². The Morgan fingerprint density at radius 3 is 2.54 bits per heavy atom. The first-order valence-corrected chi connectivity index (χ1v) is 10.4. The Kier molecular flexibility index (Phi) is 5.61. The lowest BCUT2D eigenvalue weighted by Gasteiger charge is -2.33. The van der Waals surface area contributed by atoms with Crippen molar-refractivity contribution in [3.05, 3.63) is 60.2 Å². The molecule has 3 rings (SSSR count). The number of hydrogen-bond acceptors (Lipinski definition) is 4. The molecule has 138 valence electrons. The first-order valence-electron chi connectivity index (χ1n) is 8.71. The lowest BCUT2D eigenvalue weighted by molar-refractivity contribution is 0.0681. The molecule has 0 aromatic heterocycles. The number of carbonyl (C=O) groups is 1. The summed E-state index contributed by atoms with van der Waals surface area (Å²) in [5, 5.41) is 0. The van der Waals surface area contributed by atoms with Gasteiger partial charge in [-0.3, -0.25) is 4.79 Å². The molecule has 2 aromatic carbocycles. The minimum absolute atomic E-state index is 0.0622. The monoisotopic (exact) mass is 373 g/mol. The Hall–Kier alpha value is -2.34. The minimum Gasteiger partial charge on any atom is -0.496 e. The Balaban J connectivity index is 1.72. The molecule has 1 amide bonds. The van der Waals surface area contributed by atoms with Crippen LogP contribution in [0.3, 0.4) is 0 Å². The molecule has 0 bridgehead atoms. The third-order valence-electron chi connectivity index (χ3n) is 4.70. The quantitative estimate of drug-likeness (QED) is 0.808. The van der Waals surface area contributed by atoms with Gasteiger partial charge in [-0.05, 0) is 43.0 Å². The fourth-order valence-electron chi connectivity index (χ4n) is 3.41. The van der Waals surface area contributed by atoms with Gasteiger partial charge in [0.1, 0.15) is 5.75 Å². The molecule has 0 spiro atoms. The van der Waals surface area contributed by atoms with E-state index < -0.39 is 9.84 Å². The molecule has 5 nitrogen and oxygen atoms in total. The van der Waals surface area contributed by atoms with Crippen molar-refractivity contribution in [1.29, 1.82) is 0 Å². The highest BCUT2D eigenvalue weighted by Crippen LogP contribution is 2.25. The molecule has 1 heterocycles. The van der Waals surface area contributed by atoms with Crippen LogP contribution in [-0.2, 0) is 9.84 Å². The van der Waals surface area contributed by atoms with Crippen LogP contribution in [0.25, 0.3) is 0 Å². The predicted octanol–water partition coefficient (Wildman–Crippen LogP) is 3.02. The standard InChI is InChI=1S/C20H23NO4S/c1-25-19-12-6-5-11-18(19)20(22)21-13-7-8-16(14-21)15-26(23,24)17-9-3-2-4-10-17/h2-6,9-12,16H,7-8,13-15H2,1H3. The number of carbonyl (C=O) groups excluding carboxylic acids is 1. The highest BCUT2D eigenvalue weighted by molar-refractivity contribution is 7.91. The van der Waals surface area contributed by atoms with Crippen LogP contribution in [-0.4, -0.2) is 45.2 Å². The summed E-state index contributed by atoms with van der Waals surface area (Å²) in [6.07, 6.45) is 1.61. The number of piperidine rings is 1. The van der Waals surface area contributed by atoms with Gasteiger partial charge in [-0.15, -0.1) is 0 Å². The third-order valence-corrected chi connectivity index (χ3v) is 6.60. The normalized spacial score (nSPS) is 17.7. The molecule has 1 aliphatic rings. The van der Waals surface area contributed by atoms with Crippen molar-refractivity contribution in [2.24, 2.45) is 5.92 Å². The molecule has 1 fully saturated rings. The van der Waals surface area contributed by atoms with E-state index in [1.165, 1.54) is 7.11 Å². The predicted molar refractivity (Wildman–Crippen MR) is 100 cm³/mol. The van der Waals surface area contributed by atoms with Crippen molar-refractivity contribution in [3.63, 3.8) is 0 Å². The van der Waals surface area contributed by atoms with Gasteiger partial charge in [-0.25, -0.2) is 8.42 Å². The lowest BCUT2D eigenvalue weighted by Crippen LogP contribution is -2.42. The van der Waals surface area contributed by atoms with Crippen LogP contribution in [0.2, 0.25) is 0 Å². The second-order valence-electron chi connectivity index (χ2n) is 6.55. The number of methoxy groups -OCH3 is 1. The molecule has 1 atom stereocenters. The summed E-state index contributed by atoms with van der Waals surface area (Å²) >= 11 is 0. The number of ether oxygens (including phenoxy) is 1. The number of amides is 1. The highest BCUT2D eigenvalue weighted by atomic mass is 32.2. The van der Waals surface area contributed by atoms with E-state index in [1.807, 2.05) is 6.07 Å². The molecule has 0 saturated carbocycles. The number of benzene rings is 2. The van der Waals surface area contributed by atoms with Gasteiger partial charge in [-0.1, -0.05) is 30.3 Å². The fraction of sp³-hybridized carbons (Fsp3) is 0.350. The van der Waals surface area contributed by atoms with Gasteiger partial charge in [0.05, 0.1) is 23.3 Å². The molecule has 1 saturated heterocycles. The van der Waals surface area contributed by atoms with Gasteiger partial charge in [-0.2, -0.15) is 0 Å². The maximum atomic E-state index is 12.9. The van der Waals surface area contributed by atoms with Crippen molar-refractivity contribution in [3.8, 4) is 5.75 Å². The zero-order valence-electron chi connectivity index (χ0n) is 14.8. The summed E-state index contributed by atoms with van der Waals surface area (Å²) in [5.41, 5.74) is 0.515. The number of hydrogen-bond donors (Lipinski definition) is 0. The van der Waals surface area contributed by atoms with E-state index in [0.717, 1.165) is 12.8 Å². The summed E-state index contributed by atoms with van der Waals surface area (Å²) in [6, 6.07) is 15.6. The molecule has 0 radical (unpaired) electrons. The number of sulfone groups is 1. The maximum absolute atomic E-state index is 12.9. The zero-order chi connectivity index (χ0) is 18.6. The SMILES string of the molecule is COc1ccccc1C(=O)N1CCCC(CS(=O)(=O)c2ccccc2)C1. The molecular formula is C20H23NO4S. The molecule has 2 aromatic rings. The molecule has 6 heteroatoms. The molecule has 0 aliphatic carbocycles. The summed E-state index contributed by atoms with van der Waals surface area (Å²) in [5.74, 6) is 0.431. The van der Waals surface area contributed by atoms with E-state index in [2.05, 4.69) is 0 Å². The topological polar surface area (TPSA) is 63.7 Å². The van der Waals surface area contributed by atoms with Gasteiger partial charge in [0.25, 0.3) is 5.91 Å². The fourth-order valence-corrected chi connectivity index (χ4v) is 5.07. The zero-order valence-corrected chi connectivity index (χ0v) is 15.6. The van der Waals surface area contributed by atoms with Gasteiger partial charge in [0, 0.05) is 13.1 Å². The second-order valence-corrected chi connectivity index (χ2v) is 8.59. The molecule has 1 unspecified atom stereocenters. The van der Waals surface area contributed by atoms with E-state index in [4.69, 9.17) is 4.74 Å². The maximum Gasteiger partial charge on any atom is 0.257 e. The number of rotatable bonds is 5. The van der Waals surface area contributed by atoms with Crippen molar-refractivity contribution < 1.29 is 17.9 Å². The smallest absolute Gasteiger partial charge is 0.257 e. The largest absolute Gasteiger partial charge is 0.496 e. The van der Waals surface area contributed by atoms with Crippen molar-refractivity contribution in [2.75, 3.05) is 26.0 Å². The van der Waals surface area contributed by atoms with Crippen LogP contribution in [0.5, 0.6) is 5.75 Å². The Labute approximate surface area is 154 Å². The van der Waals surface area contributed by atoms with Gasteiger partial charge >= 0.3 is 0 Å². The van der Waals surface area contributed by atoms with E-state index in [1.54, 1.807) is 53.4 Å². The van der Waals surface area contributed by atoms with E-state index in [0.29, 0.717) is 29.3 Å². The number of nitrogens with zero attached hydrogens (tertiary/aromatic N) is 1. The minimum atomic E-state index is -3.35. The van der Waals surface area contributed by atoms with E-state index in [-0.39, 0.29) is 17.6 Å². The number of para-hydroxylation sites is 1. The van der Waals surface area contributed by atoms with Crippen molar-refractivity contribution in [2.45, 2.75) is 17.7 Å². The van der Waals surface area contributed by atoms with Crippen molar-refractivity contribution >= 4 is 15.7 Å². The lowest BCUT2D eigenvalue weighted by atomic mass is 9.99. The van der Waals surface area contributed by atoms with Crippen LogP contribution < -0.4 is 4.74 Å². The molecule has 1 aliphatic heterocycles. The summed E-state index contributed by atoms with van der Waals surface area (Å²) < 4.78 is 30.5.